The van der Waals surface area contributed by atoms with Crippen LogP contribution in [0.5, 0.6) is 0 Å². The third kappa shape index (κ3) is 4.64. The summed E-state index contributed by atoms with van der Waals surface area (Å²) >= 11 is 1.81. The maximum Gasteiger partial charge on any atom is 0.0468 e. The van der Waals surface area contributed by atoms with E-state index in [1.165, 1.54) is 4.88 Å². The molecule has 2 atom stereocenters. The predicted octanol–water partition coefficient (Wildman–Crippen LogP) is 3.05. The summed E-state index contributed by atoms with van der Waals surface area (Å²) in [6.07, 6.45) is 1.15. The molecule has 16 heavy (non-hydrogen) atoms. The van der Waals surface area contributed by atoms with Gasteiger partial charge in [0.05, 0.1) is 0 Å². The van der Waals surface area contributed by atoms with Crippen LogP contribution in [0.1, 0.15) is 38.1 Å². The number of hydrogen-bond acceptors (Lipinski definition) is 3. The summed E-state index contributed by atoms with van der Waals surface area (Å²) in [5.74, 6) is 1.01. The Morgan fingerprint density at radius 1 is 1.38 bits per heavy atom. The second-order valence-electron chi connectivity index (χ2n) is 4.89. The van der Waals surface area contributed by atoms with Crippen LogP contribution in [0.4, 0.5) is 0 Å². The first-order valence-corrected chi connectivity index (χ1v) is 6.89. The Hall–Kier alpha value is -0.380. The number of thiophene rings is 1. The first-order valence-electron chi connectivity index (χ1n) is 6.01. The van der Waals surface area contributed by atoms with Gasteiger partial charge in [0.2, 0.25) is 0 Å². The lowest BCUT2D eigenvalue weighted by Crippen LogP contribution is -2.28. The maximum atomic E-state index is 9.02. The number of aliphatic hydroxyl groups excluding tert-OH is 1. The fourth-order valence-corrected chi connectivity index (χ4v) is 2.48. The highest BCUT2D eigenvalue weighted by atomic mass is 32.1. The Labute approximate surface area is 103 Å². The molecule has 1 aromatic rings. The third-order valence-electron chi connectivity index (χ3n) is 2.62. The van der Waals surface area contributed by atoms with Gasteiger partial charge in [0.15, 0.2) is 0 Å². The number of aliphatic hydroxyl groups is 1. The standard InChI is InChI=1S/C13H23NOS/c1-10(2)7-12(13-5-4-6-16-13)14-8-11(3)9-15/h4-6,10-12,14-15H,7-9H2,1-3H3. The molecular weight excluding hydrogens is 218 g/mol. The van der Waals surface area contributed by atoms with E-state index in [1.807, 2.05) is 11.3 Å². The molecule has 0 aliphatic carbocycles. The van der Waals surface area contributed by atoms with Gasteiger partial charge < -0.3 is 10.4 Å². The van der Waals surface area contributed by atoms with Gasteiger partial charge in [0.25, 0.3) is 0 Å². The normalized spacial score (nSPS) is 15.3. The lowest BCUT2D eigenvalue weighted by atomic mass is 10.0. The molecule has 0 bridgehead atoms. The van der Waals surface area contributed by atoms with Gasteiger partial charge in [0.1, 0.15) is 0 Å². The van der Waals surface area contributed by atoms with Crippen LogP contribution >= 0.6 is 11.3 Å². The van der Waals surface area contributed by atoms with Crippen molar-refractivity contribution in [3.63, 3.8) is 0 Å². The van der Waals surface area contributed by atoms with E-state index >= 15 is 0 Å². The van der Waals surface area contributed by atoms with Crippen molar-refractivity contribution in [1.82, 2.24) is 5.32 Å². The highest BCUT2D eigenvalue weighted by molar-refractivity contribution is 7.10. The fourth-order valence-electron chi connectivity index (χ4n) is 1.67. The molecule has 0 aliphatic heterocycles. The van der Waals surface area contributed by atoms with Gasteiger partial charge >= 0.3 is 0 Å². The van der Waals surface area contributed by atoms with Crippen molar-refractivity contribution in [2.24, 2.45) is 11.8 Å². The highest BCUT2D eigenvalue weighted by Crippen LogP contribution is 2.25. The minimum Gasteiger partial charge on any atom is -0.396 e. The molecule has 0 aliphatic rings. The molecule has 0 aromatic carbocycles. The summed E-state index contributed by atoms with van der Waals surface area (Å²) in [4.78, 5) is 1.40. The molecular formula is C13H23NOS. The summed E-state index contributed by atoms with van der Waals surface area (Å²) < 4.78 is 0. The average Bonchev–Trinajstić information content (AvgIpc) is 2.76. The summed E-state index contributed by atoms with van der Waals surface area (Å²) in [5, 5.41) is 14.7. The smallest absolute Gasteiger partial charge is 0.0468 e. The predicted molar refractivity (Wildman–Crippen MR) is 70.8 cm³/mol. The van der Waals surface area contributed by atoms with Crippen molar-refractivity contribution < 1.29 is 5.11 Å². The van der Waals surface area contributed by atoms with E-state index in [2.05, 4.69) is 43.6 Å². The first kappa shape index (κ1) is 13.7. The molecule has 2 N–H and O–H groups in total. The van der Waals surface area contributed by atoms with Crippen LogP contribution in [-0.4, -0.2) is 18.3 Å². The third-order valence-corrected chi connectivity index (χ3v) is 3.60. The lowest BCUT2D eigenvalue weighted by Gasteiger charge is -2.21. The monoisotopic (exact) mass is 241 g/mol. The second-order valence-corrected chi connectivity index (χ2v) is 5.87. The fraction of sp³-hybridized carbons (Fsp3) is 0.692. The molecule has 1 aromatic heterocycles. The second kappa shape index (κ2) is 7.05. The summed E-state index contributed by atoms with van der Waals surface area (Å²) in [6, 6.07) is 4.73. The van der Waals surface area contributed by atoms with E-state index in [9.17, 15) is 0 Å². The molecule has 0 saturated carbocycles. The van der Waals surface area contributed by atoms with Gasteiger partial charge in [-0.3, -0.25) is 0 Å². The largest absolute Gasteiger partial charge is 0.396 e. The van der Waals surface area contributed by atoms with Crippen LogP contribution in [0.15, 0.2) is 17.5 Å². The Morgan fingerprint density at radius 3 is 2.62 bits per heavy atom. The van der Waals surface area contributed by atoms with Crippen molar-refractivity contribution in [3.05, 3.63) is 22.4 Å². The van der Waals surface area contributed by atoms with Gasteiger partial charge in [0, 0.05) is 24.1 Å². The molecule has 0 radical (unpaired) electrons. The van der Waals surface area contributed by atoms with Crippen LogP contribution in [0.3, 0.4) is 0 Å². The van der Waals surface area contributed by atoms with Gasteiger partial charge in [-0.05, 0) is 29.7 Å². The van der Waals surface area contributed by atoms with Gasteiger partial charge in [-0.15, -0.1) is 11.3 Å². The van der Waals surface area contributed by atoms with Gasteiger partial charge in [-0.25, -0.2) is 0 Å². The number of rotatable bonds is 7. The zero-order chi connectivity index (χ0) is 12.0. The SMILES string of the molecule is CC(C)CC(NCC(C)CO)c1cccs1. The van der Waals surface area contributed by atoms with Crippen molar-refractivity contribution in [2.75, 3.05) is 13.2 Å². The molecule has 2 unspecified atom stereocenters. The van der Waals surface area contributed by atoms with E-state index < -0.39 is 0 Å². The molecule has 92 valence electrons. The molecule has 3 heteroatoms. The first-order chi connectivity index (χ1) is 7.63. The molecule has 0 amide bonds. The zero-order valence-electron chi connectivity index (χ0n) is 10.4. The molecule has 0 fully saturated rings. The van der Waals surface area contributed by atoms with Crippen molar-refractivity contribution in [3.8, 4) is 0 Å². The van der Waals surface area contributed by atoms with Gasteiger partial charge in [-0.1, -0.05) is 26.8 Å². The van der Waals surface area contributed by atoms with Gasteiger partial charge in [-0.2, -0.15) is 0 Å². The molecule has 2 nitrogen and oxygen atoms in total. The van der Waals surface area contributed by atoms with E-state index in [0.717, 1.165) is 13.0 Å². The van der Waals surface area contributed by atoms with E-state index in [1.54, 1.807) is 0 Å². The van der Waals surface area contributed by atoms with Crippen LogP contribution < -0.4 is 5.32 Å². The zero-order valence-corrected chi connectivity index (χ0v) is 11.3. The Balaban J connectivity index is 2.51. The Kier molecular flexibility index (Phi) is 6.03. The van der Waals surface area contributed by atoms with E-state index in [-0.39, 0.29) is 6.61 Å². The quantitative estimate of drug-likeness (QED) is 0.769. The lowest BCUT2D eigenvalue weighted by molar-refractivity contribution is 0.228. The van der Waals surface area contributed by atoms with Crippen LogP contribution in [0, 0.1) is 11.8 Å². The topological polar surface area (TPSA) is 32.3 Å². The average molecular weight is 241 g/mol. The van der Waals surface area contributed by atoms with Crippen LogP contribution in [0.25, 0.3) is 0 Å². The molecule has 0 saturated heterocycles. The maximum absolute atomic E-state index is 9.02. The number of hydrogen-bond donors (Lipinski definition) is 2. The van der Waals surface area contributed by atoms with Crippen molar-refractivity contribution >= 4 is 11.3 Å². The Morgan fingerprint density at radius 2 is 2.12 bits per heavy atom. The summed E-state index contributed by atoms with van der Waals surface area (Å²) in [7, 11) is 0. The molecule has 1 rings (SSSR count). The minimum atomic E-state index is 0.256. The van der Waals surface area contributed by atoms with Crippen molar-refractivity contribution in [2.45, 2.75) is 33.2 Å². The molecule has 1 heterocycles. The summed E-state index contributed by atoms with van der Waals surface area (Å²) in [5.41, 5.74) is 0. The highest BCUT2D eigenvalue weighted by Gasteiger charge is 2.14. The minimum absolute atomic E-state index is 0.256. The van der Waals surface area contributed by atoms with Crippen LogP contribution in [-0.2, 0) is 0 Å². The van der Waals surface area contributed by atoms with E-state index in [4.69, 9.17) is 5.11 Å². The Bertz CT molecular complexity index is 271. The number of nitrogens with one attached hydrogen (secondary N) is 1. The summed E-state index contributed by atoms with van der Waals surface area (Å²) in [6.45, 7) is 7.70. The van der Waals surface area contributed by atoms with Crippen LogP contribution in [0.2, 0.25) is 0 Å². The van der Waals surface area contributed by atoms with E-state index in [0.29, 0.717) is 17.9 Å². The van der Waals surface area contributed by atoms with Crippen molar-refractivity contribution in [1.29, 1.82) is 0 Å². The molecule has 0 spiro atoms.